The van der Waals surface area contributed by atoms with E-state index in [4.69, 9.17) is 5.11 Å². The monoisotopic (exact) mass is 305 g/mol. The molecule has 0 radical (unpaired) electrons. The van der Waals surface area contributed by atoms with E-state index >= 15 is 0 Å². The third kappa shape index (κ3) is 4.32. The van der Waals surface area contributed by atoms with E-state index in [1.165, 1.54) is 11.8 Å². The van der Waals surface area contributed by atoms with Crippen LogP contribution in [0.15, 0.2) is 35.5 Å². The van der Waals surface area contributed by atoms with Gasteiger partial charge in [-0.1, -0.05) is 61.9 Å². The minimum absolute atomic E-state index is 0.000695. The predicted octanol–water partition coefficient (Wildman–Crippen LogP) is 3.31. The zero-order valence-electron chi connectivity index (χ0n) is 12.0. The first-order valence-electron chi connectivity index (χ1n) is 7.05. The molecule has 1 aromatic heterocycles. The van der Waals surface area contributed by atoms with Crippen molar-refractivity contribution in [1.29, 1.82) is 0 Å². The van der Waals surface area contributed by atoms with Crippen LogP contribution in [0.25, 0.3) is 11.4 Å². The van der Waals surface area contributed by atoms with Gasteiger partial charge in [0.1, 0.15) is 0 Å². The normalized spacial score (nSPS) is 10.7. The zero-order valence-corrected chi connectivity index (χ0v) is 12.8. The summed E-state index contributed by atoms with van der Waals surface area (Å²) < 4.78 is 2.03. The van der Waals surface area contributed by atoms with Gasteiger partial charge in [-0.05, 0) is 6.42 Å². The molecule has 0 aliphatic rings. The molecule has 0 spiro atoms. The number of carboxylic acid groups (broad SMARTS) is 1. The Morgan fingerprint density at radius 1 is 1.24 bits per heavy atom. The summed E-state index contributed by atoms with van der Waals surface area (Å²) in [6.07, 6.45) is 3.31. The van der Waals surface area contributed by atoms with Gasteiger partial charge in [-0.25, -0.2) is 0 Å². The SMILES string of the molecule is CCCCCn1c(SCC(=O)O)nnc1-c1ccccc1. The summed E-state index contributed by atoms with van der Waals surface area (Å²) in [5, 5.41) is 17.9. The van der Waals surface area contributed by atoms with Gasteiger partial charge < -0.3 is 9.67 Å². The lowest BCUT2D eigenvalue weighted by molar-refractivity contribution is -0.133. The number of carboxylic acids is 1. The van der Waals surface area contributed by atoms with Gasteiger partial charge in [0, 0.05) is 12.1 Å². The maximum Gasteiger partial charge on any atom is 0.313 e. The topological polar surface area (TPSA) is 68.0 Å². The lowest BCUT2D eigenvalue weighted by Crippen LogP contribution is -2.05. The number of nitrogens with zero attached hydrogens (tertiary/aromatic N) is 3. The first-order valence-corrected chi connectivity index (χ1v) is 8.04. The zero-order chi connectivity index (χ0) is 15.1. The Balaban J connectivity index is 2.24. The molecule has 0 bridgehead atoms. The summed E-state index contributed by atoms with van der Waals surface area (Å²) in [5.41, 5.74) is 1.00. The third-order valence-electron chi connectivity index (χ3n) is 3.06. The van der Waals surface area contributed by atoms with Crippen LogP contribution in [0.3, 0.4) is 0 Å². The maximum atomic E-state index is 10.7. The number of thioether (sulfide) groups is 1. The minimum atomic E-state index is -0.843. The largest absolute Gasteiger partial charge is 0.481 e. The standard InChI is InChI=1S/C15H19N3O2S/c1-2-3-7-10-18-14(12-8-5-4-6-9-12)16-17-15(18)21-11-13(19)20/h4-6,8-9H,2-3,7,10-11H2,1H3,(H,19,20). The average molecular weight is 305 g/mol. The number of hydrogen-bond acceptors (Lipinski definition) is 4. The van der Waals surface area contributed by atoms with E-state index in [1.54, 1.807) is 0 Å². The molecule has 0 atom stereocenters. The van der Waals surface area contributed by atoms with Gasteiger partial charge in [-0.3, -0.25) is 4.79 Å². The molecule has 6 heteroatoms. The van der Waals surface area contributed by atoms with E-state index in [9.17, 15) is 4.79 Å². The molecule has 0 fully saturated rings. The Morgan fingerprint density at radius 3 is 2.67 bits per heavy atom. The molecule has 0 amide bonds. The van der Waals surface area contributed by atoms with Crippen LogP contribution in [-0.2, 0) is 11.3 Å². The average Bonchev–Trinajstić information content (AvgIpc) is 2.89. The molecule has 21 heavy (non-hydrogen) atoms. The van der Waals surface area contributed by atoms with Gasteiger partial charge in [0.15, 0.2) is 11.0 Å². The number of unbranched alkanes of at least 4 members (excludes halogenated alkanes) is 2. The van der Waals surface area contributed by atoms with Gasteiger partial charge in [0.25, 0.3) is 0 Å². The second kappa shape index (κ2) is 7.83. The lowest BCUT2D eigenvalue weighted by Gasteiger charge is -2.09. The van der Waals surface area contributed by atoms with Gasteiger partial charge in [0.05, 0.1) is 5.75 Å². The third-order valence-corrected chi connectivity index (χ3v) is 4.01. The van der Waals surface area contributed by atoms with Crippen molar-refractivity contribution in [1.82, 2.24) is 14.8 Å². The number of benzene rings is 1. The van der Waals surface area contributed by atoms with E-state index < -0.39 is 5.97 Å². The van der Waals surface area contributed by atoms with Crippen molar-refractivity contribution in [3.63, 3.8) is 0 Å². The van der Waals surface area contributed by atoms with Gasteiger partial charge >= 0.3 is 5.97 Å². The second-order valence-corrected chi connectivity index (χ2v) is 5.66. The van der Waals surface area contributed by atoms with Crippen LogP contribution >= 0.6 is 11.8 Å². The van der Waals surface area contributed by atoms with Crippen molar-refractivity contribution >= 4 is 17.7 Å². The first-order chi connectivity index (χ1) is 10.2. The van der Waals surface area contributed by atoms with E-state index in [0.29, 0.717) is 5.16 Å². The molecule has 2 rings (SSSR count). The molecular formula is C15H19N3O2S. The van der Waals surface area contributed by atoms with Gasteiger partial charge in [-0.15, -0.1) is 10.2 Å². The van der Waals surface area contributed by atoms with Crippen molar-refractivity contribution in [2.45, 2.75) is 37.9 Å². The fourth-order valence-electron chi connectivity index (χ4n) is 2.04. The smallest absolute Gasteiger partial charge is 0.313 e. The fourth-order valence-corrected chi connectivity index (χ4v) is 2.73. The highest BCUT2D eigenvalue weighted by Crippen LogP contribution is 2.24. The molecule has 0 unspecified atom stereocenters. The van der Waals surface area contributed by atoms with Crippen molar-refractivity contribution in [3.8, 4) is 11.4 Å². The van der Waals surface area contributed by atoms with Crippen LogP contribution in [0.2, 0.25) is 0 Å². The van der Waals surface area contributed by atoms with Gasteiger partial charge in [0.2, 0.25) is 0 Å². The second-order valence-electron chi connectivity index (χ2n) is 4.71. The molecule has 0 aliphatic carbocycles. The Morgan fingerprint density at radius 2 is 2.00 bits per heavy atom. The summed E-state index contributed by atoms with van der Waals surface area (Å²) in [6.45, 7) is 2.97. The summed E-state index contributed by atoms with van der Waals surface area (Å²) in [7, 11) is 0. The number of hydrogen-bond donors (Lipinski definition) is 1. The number of carbonyl (C=O) groups is 1. The van der Waals surface area contributed by atoms with Crippen molar-refractivity contribution < 1.29 is 9.90 Å². The fraction of sp³-hybridized carbons (Fsp3) is 0.400. The molecule has 1 aromatic carbocycles. The number of aromatic nitrogens is 3. The molecule has 1 N–H and O–H groups in total. The van der Waals surface area contributed by atoms with Gasteiger partial charge in [-0.2, -0.15) is 0 Å². The number of rotatable bonds is 8. The quantitative estimate of drug-likeness (QED) is 0.598. The van der Waals surface area contributed by atoms with Crippen LogP contribution in [0.1, 0.15) is 26.2 Å². The predicted molar refractivity (Wildman–Crippen MR) is 83.3 cm³/mol. The molecule has 1 heterocycles. The van der Waals surface area contributed by atoms with Crippen LogP contribution in [-0.4, -0.2) is 31.6 Å². The van der Waals surface area contributed by atoms with Crippen LogP contribution in [0.5, 0.6) is 0 Å². The number of aliphatic carboxylic acids is 1. The Kier molecular flexibility index (Phi) is 5.80. The summed E-state index contributed by atoms with van der Waals surface area (Å²) in [4.78, 5) is 10.7. The van der Waals surface area contributed by atoms with Crippen molar-refractivity contribution in [2.24, 2.45) is 0 Å². The van der Waals surface area contributed by atoms with Crippen LogP contribution < -0.4 is 0 Å². The van der Waals surface area contributed by atoms with Crippen molar-refractivity contribution in [2.75, 3.05) is 5.75 Å². The molecule has 0 aliphatic heterocycles. The van der Waals surface area contributed by atoms with Crippen LogP contribution in [0.4, 0.5) is 0 Å². The molecular weight excluding hydrogens is 286 g/mol. The van der Waals surface area contributed by atoms with Crippen molar-refractivity contribution in [3.05, 3.63) is 30.3 Å². The Labute approximate surface area is 128 Å². The molecule has 112 valence electrons. The Hall–Kier alpha value is -1.82. The summed E-state index contributed by atoms with van der Waals surface area (Å²) in [5.74, 6) is -0.0373. The maximum absolute atomic E-state index is 10.7. The highest BCUT2D eigenvalue weighted by atomic mass is 32.2. The lowest BCUT2D eigenvalue weighted by atomic mass is 10.2. The molecule has 5 nitrogen and oxygen atoms in total. The first kappa shape index (κ1) is 15.6. The van der Waals surface area contributed by atoms with E-state index in [0.717, 1.165) is 37.2 Å². The molecule has 0 saturated carbocycles. The molecule has 0 saturated heterocycles. The van der Waals surface area contributed by atoms with E-state index in [2.05, 4.69) is 17.1 Å². The van der Waals surface area contributed by atoms with E-state index in [-0.39, 0.29) is 5.75 Å². The molecule has 2 aromatic rings. The highest BCUT2D eigenvalue weighted by Gasteiger charge is 2.14. The minimum Gasteiger partial charge on any atom is -0.481 e. The Bertz CT molecular complexity index is 584. The van der Waals surface area contributed by atoms with Crippen LogP contribution in [0, 0.1) is 0 Å². The highest BCUT2D eigenvalue weighted by molar-refractivity contribution is 7.99. The summed E-state index contributed by atoms with van der Waals surface area (Å²) >= 11 is 1.22. The van der Waals surface area contributed by atoms with E-state index in [1.807, 2.05) is 34.9 Å². The summed E-state index contributed by atoms with van der Waals surface area (Å²) in [6, 6.07) is 9.87.